The average Bonchev–Trinajstić information content (AvgIpc) is 2.82. The highest BCUT2D eigenvalue weighted by molar-refractivity contribution is 5.79. The summed E-state index contributed by atoms with van der Waals surface area (Å²) in [5.74, 6) is 1.39. The monoisotopic (exact) mass is 245 g/mol. The lowest BCUT2D eigenvalue weighted by Crippen LogP contribution is -2.09. The van der Waals surface area contributed by atoms with Crippen LogP contribution in [0.4, 0.5) is 5.69 Å². The van der Waals surface area contributed by atoms with E-state index in [1.165, 1.54) is 31.2 Å². The van der Waals surface area contributed by atoms with Crippen molar-refractivity contribution in [3.05, 3.63) is 29.8 Å². The summed E-state index contributed by atoms with van der Waals surface area (Å²) in [7, 11) is 0. The quantitative estimate of drug-likeness (QED) is 0.799. The highest BCUT2D eigenvalue weighted by Gasteiger charge is 2.19. The minimum atomic E-state index is 0.305. The molecule has 0 bridgehead atoms. The van der Waals surface area contributed by atoms with Gasteiger partial charge in [0.2, 0.25) is 0 Å². The molecule has 0 spiro atoms. The number of nitrogen functional groups attached to an aromatic ring is 1. The summed E-state index contributed by atoms with van der Waals surface area (Å²) in [6, 6.07) is 7.88. The number of anilines is 1. The average molecular weight is 245 g/mol. The molecule has 98 valence electrons. The molecule has 2 rings (SSSR count). The van der Waals surface area contributed by atoms with Gasteiger partial charge < -0.3 is 5.73 Å². The van der Waals surface area contributed by atoms with Gasteiger partial charge in [-0.2, -0.15) is 0 Å². The van der Waals surface area contributed by atoms with Gasteiger partial charge in [-0.25, -0.2) is 0 Å². The predicted octanol–water partition coefficient (Wildman–Crippen LogP) is 3.91. The Labute approximate surface area is 110 Å². The zero-order valence-electron chi connectivity index (χ0n) is 11.2. The van der Waals surface area contributed by atoms with E-state index >= 15 is 0 Å². The molecule has 1 atom stereocenters. The highest BCUT2D eigenvalue weighted by atomic mass is 16.1. The number of benzene rings is 1. The van der Waals surface area contributed by atoms with Crippen LogP contribution in [0.5, 0.6) is 0 Å². The maximum Gasteiger partial charge on any atom is 0.133 e. The molecule has 1 aliphatic carbocycles. The van der Waals surface area contributed by atoms with E-state index in [1.54, 1.807) is 0 Å². The first-order valence-corrected chi connectivity index (χ1v) is 7.02. The van der Waals surface area contributed by atoms with Crippen molar-refractivity contribution >= 4 is 11.5 Å². The third-order valence-electron chi connectivity index (χ3n) is 4.03. The number of carbonyl (C=O) groups excluding carboxylic acids is 1. The van der Waals surface area contributed by atoms with Gasteiger partial charge in [0, 0.05) is 18.5 Å². The number of rotatable bonds is 5. The molecule has 0 heterocycles. The van der Waals surface area contributed by atoms with Crippen LogP contribution >= 0.6 is 0 Å². The SMILES string of the molecule is CC(CC(=O)CC1CCCC1)c1ccc(N)cc1. The minimum Gasteiger partial charge on any atom is -0.399 e. The Morgan fingerprint density at radius 1 is 1.28 bits per heavy atom. The first kappa shape index (κ1) is 13.1. The Morgan fingerprint density at radius 3 is 2.50 bits per heavy atom. The standard InChI is InChI=1S/C16H23NO/c1-12(14-6-8-15(17)9-7-14)10-16(18)11-13-4-2-3-5-13/h6-9,12-13H,2-5,10-11,17H2,1H3. The van der Waals surface area contributed by atoms with Gasteiger partial charge in [-0.05, 0) is 29.5 Å². The van der Waals surface area contributed by atoms with Crippen molar-refractivity contribution < 1.29 is 4.79 Å². The Kier molecular flexibility index (Phi) is 4.40. The maximum atomic E-state index is 12.0. The second-order valence-corrected chi connectivity index (χ2v) is 5.67. The minimum absolute atomic E-state index is 0.305. The largest absolute Gasteiger partial charge is 0.399 e. The summed E-state index contributed by atoms with van der Waals surface area (Å²) in [6.45, 7) is 2.12. The molecule has 0 amide bonds. The summed E-state index contributed by atoms with van der Waals surface area (Å²) in [5.41, 5.74) is 7.66. The van der Waals surface area contributed by atoms with Crippen LogP contribution in [0.3, 0.4) is 0 Å². The molecule has 0 aliphatic heterocycles. The van der Waals surface area contributed by atoms with E-state index in [0.717, 1.165) is 12.1 Å². The fourth-order valence-corrected chi connectivity index (χ4v) is 2.90. The van der Waals surface area contributed by atoms with E-state index in [-0.39, 0.29) is 0 Å². The van der Waals surface area contributed by atoms with Gasteiger partial charge in [0.1, 0.15) is 5.78 Å². The lowest BCUT2D eigenvalue weighted by Gasteiger charge is -2.13. The van der Waals surface area contributed by atoms with Gasteiger partial charge in [0.15, 0.2) is 0 Å². The van der Waals surface area contributed by atoms with Gasteiger partial charge in [-0.3, -0.25) is 4.79 Å². The molecule has 1 aromatic rings. The molecular formula is C16H23NO. The van der Waals surface area contributed by atoms with E-state index < -0.39 is 0 Å². The van der Waals surface area contributed by atoms with Crippen LogP contribution in [0.15, 0.2) is 24.3 Å². The van der Waals surface area contributed by atoms with Gasteiger partial charge in [-0.15, -0.1) is 0 Å². The number of carbonyl (C=O) groups is 1. The smallest absolute Gasteiger partial charge is 0.133 e. The van der Waals surface area contributed by atoms with Crippen LogP contribution in [0, 0.1) is 5.92 Å². The van der Waals surface area contributed by atoms with E-state index in [0.29, 0.717) is 24.0 Å². The van der Waals surface area contributed by atoms with Crippen molar-refractivity contribution in [2.75, 3.05) is 5.73 Å². The van der Waals surface area contributed by atoms with Gasteiger partial charge in [-0.1, -0.05) is 44.7 Å². The molecule has 2 N–H and O–H groups in total. The molecule has 1 unspecified atom stereocenters. The van der Waals surface area contributed by atoms with Crippen molar-refractivity contribution in [3.8, 4) is 0 Å². The summed E-state index contributed by atoms with van der Waals surface area (Å²) in [6.07, 6.45) is 6.58. The first-order chi connectivity index (χ1) is 8.65. The third kappa shape index (κ3) is 3.59. The van der Waals surface area contributed by atoms with Gasteiger partial charge in [0.25, 0.3) is 0 Å². The van der Waals surface area contributed by atoms with Crippen molar-refractivity contribution in [3.63, 3.8) is 0 Å². The predicted molar refractivity (Wildman–Crippen MR) is 75.5 cm³/mol. The van der Waals surface area contributed by atoms with Crippen molar-refractivity contribution in [1.29, 1.82) is 0 Å². The lowest BCUT2D eigenvalue weighted by atomic mass is 9.91. The Hall–Kier alpha value is -1.31. The Bertz CT molecular complexity index is 390. The number of nitrogens with two attached hydrogens (primary N) is 1. The highest BCUT2D eigenvalue weighted by Crippen LogP contribution is 2.29. The molecule has 1 aromatic carbocycles. The van der Waals surface area contributed by atoms with Crippen molar-refractivity contribution in [1.82, 2.24) is 0 Å². The van der Waals surface area contributed by atoms with Crippen LogP contribution in [-0.2, 0) is 4.79 Å². The Morgan fingerprint density at radius 2 is 1.89 bits per heavy atom. The molecule has 1 aliphatic rings. The molecule has 0 aromatic heterocycles. The van der Waals surface area contributed by atoms with Crippen molar-refractivity contribution in [2.45, 2.75) is 51.4 Å². The molecular weight excluding hydrogens is 222 g/mol. The van der Waals surface area contributed by atoms with Crippen LogP contribution < -0.4 is 5.73 Å². The third-order valence-corrected chi connectivity index (χ3v) is 4.03. The van der Waals surface area contributed by atoms with Crippen molar-refractivity contribution in [2.24, 2.45) is 5.92 Å². The summed E-state index contributed by atoms with van der Waals surface area (Å²) >= 11 is 0. The fourth-order valence-electron chi connectivity index (χ4n) is 2.90. The number of ketones is 1. The van der Waals surface area contributed by atoms with E-state index in [9.17, 15) is 4.79 Å². The molecule has 0 saturated heterocycles. The summed E-state index contributed by atoms with van der Waals surface area (Å²) in [4.78, 5) is 12.0. The van der Waals surface area contributed by atoms with Crippen LogP contribution in [0.2, 0.25) is 0 Å². The summed E-state index contributed by atoms with van der Waals surface area (Å²) in [5, 5.41) is 0. The van der Waals surface area contributed by atoms with E-state index in [2.05, 4.69) is 6.92 Å². The van der Waals surface area contributed by atoms with Crippen LogP contribution in [-0.4, -0.2) is 5.78 Å². The van der Waals surface area contributed by atoms with Gasteiger partial charge >= 0.3 is 0 Å². The number of Topliss-reactive ketones (excluding diaryl/α,β-unsaturated/α-hetero) is 1. The summed E-state index contributed by atoms with van der Waals surface area (Å²) < 4.78 is 0. The molecule has 18 heavy (non-hydrogen) atoms. The van der Waals surface area contributed by atoms with Gasteiger partial charge in [0.05, 0.1) is 0 Å². The number of hydrogen-bond donors (Lipinski definition) is 1. The number of hydrogen-bond acceptors (Lipinski definition) is 2. The van der Waals surface area contributed by atoms with Crippen LogP contribution in [0.1, 0.15) is 56.9 Å². The fraction of sp³-hybridized carbons (Fsp3) is 0.562. The zero-order chi connectivity index (χ0) is 13.0. The maximum absolute atomic E-state index is 12.0. The van der Waals surface area contributed by atoms with E-state index in [4.69, 9.17) is 5.73 Å². The molecule has 1 fully saturated rings. The molecule has 1 saturated carbocycles. The normalized spacial score (nSPS) is 17.8. The topological polar surface area (TPSA) is 43.1 Å². The zero-order valence-corrected chi connectivity index (χ0v) is 11.2. The lowest BCUT2D eigenvalue weighted by molar-refractivity contribution is -0.120. The molecule has 2 nitrogen and oxygen atoms in total. The first-order valence-electron chi connectivity index (χ1n) is 7.02. The Balaban J connectivity index is 1.84. The second-order valence-electron chi connectivity index (χ2n) is 5.67. The van der Waals surface area contributed by atoms with E-state index in [1.807, 2.05) is 24.3 Å². The second kappa shape index (κ2) is 6.03. The molecule has 2 heteroatoms. The van der Waals surface area contributed by atoms with Crippen LogP contribution in [0.25, 0.3) is 0 Å². The molecule has 0 radical (unpaired) electrons.